The number of fused-ring (bicyclic) bond motifs is 1. The van der Waals surface area contributed by atoms with Gasteiger partial charge < -0.3 is 14.9 Å². The number of benzene rings is 3. The van der Waals surface area contributed by atoms with E-state index in [1.807, 2.05) is 4.90 Å². The van der Waals surface area contributed by atoms with Gasteiger partial charge in [0, 0.05) is 13.1 Å². The lowest BCUT2D eigenvalue weighted by molar-refractivity contribution is -0.200. The van der Waals surface area contributed by atoms with Crippen molar-refractivity contribution in [1.82, 2.24) is 0 Å². The molecular formula is C25H20Cl2F6N2O. The zero-order chi connectivity index (χ0) is 26.3. The van der Waals surface area contributed by atoms with Crippen molar-refractivity contribution in [2.75, 3.05) is 22.9 Å². The van der Waals surface area contributed by atoms with Crippen LogP contribution >= 0.6 is 23.2 Å². The predicted octanol–water partition coefficient (Wildman–Crippen LogP) is 7.50. The molecular weight excluding hydrogens is 529 g/mol. The summed E-state index contributed by atoms with van der Waals surface area (Å²) in [4.78, 5) is 3.13. The van der Waals surface area contributed by atoms with Crippen LogP contribution in [0.15, 0.2) is 66.7 Å². The van der Waals surface area contributed by atoms with Gasteiger partial charge in [-0.05, 0) is 41.5 Å². The van der Waals surface area contributed by atoms with Gasteiger partial charge in [0.05, 0.1) is 39.6 Å². The highest BCUT2D eigenvalue weighted by Crippen LogP contribution is 2.44. The lowest BCUT2D eigenvalue weighted by Gasteiger charge is -2.46. The quantitative estimate of drug-likeness (QED) is 0.334. The van der Waals surface area contributed by atoms with Gasteiger partial charge in [-0.3, -0.25) is 0 Å². The van der Waals surface area contributed by atoms with Crippen LogP contribution in [-0.4, -0.2) is 30.5 Å². The summed E-state index contributed by atoms with van der Waals surface area (Å²) in [5, 5.41) is 10.5. The van der Waals surface area contributed by atoms with Crippen molar-refractivity contribution in [1.29, 1.82) is 0 Å². The van der Waals surface area contributed by atoms with E-state index in [0.29, 0.717) is 27.0 Å². The molecule has 192 valence electrons. The van der Waals surface area contributed by atoms with E-state index < -0.39 is 36.6 Å². The van der Waals surface area contributed by atoms with Crippen molar-refractivity contribution in [2.24, 2.45) is 0 Å². The summed E-state index contributed by atoms with van der Waals surface area (Å²) < 4.78 is 80.3. The zero-order valence-corrected chi connectivity index (χ0v) is 20.0. The van der Waals surface area contributed by atoms with Gasteiger partial charge in [0.15, 0.2) is 6.10 Å². The Labute approximate surface area is 213 Å². The van der Waals surface area contributed by atoms with Crippen LogP contribution in [0.2, 0.25) is 10.0 Å². The number of aliphatic hydroxyl groups excluding tert-OH is 1. The molecule has 0 bridgehead atoms. The number of β-amino-alcohol motifs (C(OH)–C–C–N with tert-alkyl or cyclic N) is 1. The topological polar surface area (TPSA) is 26.7 Å². The Bertz CT molecular complexity index is 1230. The zero-order valence-electron chi connectivity index (χ0n) is 18.5. The van der Waals surface area contributed by atoms with Crippen LogP contribution in [0.1, 0.15) is 22.7 Å². The fourth-order valence-corrected chi connectivity index (χ4v) is 4.68. The maximum atomic E-state index is 13.4. The molecule has 0 amide bonds. The number of para-hydroxylation sites is 2. The molecule has 0 spiro atoms. The lowest BCUT2D eigenvalue weighted by Crippen LogP contribution is -2.49. The molecule has 0 unspecified atom stereocenters. The average Bonchev–Trinajstić information content (AvgIpc) is 2.82. The number of halogens is 8. The van der Waals surface area contributed by atoms with Crippen LogP contribution < -0.4 is 9.80 Å². The molecule has 4 rings (SSSR count). The number of rotatable bonds is 5. The van der Waals surface area contributed by atoms with Gasteiger partial charge >= 0.3 is 12.4 Å². The highest BCUT2D eigenvalue weighted by molar-refractivity contribution is 6.42. The first-order chi connectivity index (χ1) is 16.9. The van der Waals surface area contributed by atoms with E-state index in [4.69, 9.17) is 23.2 Å². The maximum absolute atomic E-state index is 13.4. The van der Waals surface area contributed by atoms with E-state index in [1.54, 1.807) is 42.5 Å². The minimum atomic E-state index is -4.90. The molecule has 3 aromatic rings. The maximum Gasteiger partial charge on any atom is 0.416 e. The van der Waals surface area contributed by atoms with Crippen LogP contribution in [-0.2, 0) is 12.7 Å². The Kier molecular flexibility index (Phi) is 7.37. The summed E-state index contributed by atoms with van der Waals surface area (Å²) in [5.41, 5.74) is 0.778. The summed E-state index contributed by atoms with van der Waals surface area (Å²) >= 11 is 12.5. The van der Waals surface area contributed by atoms with E-state index in [9.17, 15) is 31.4 Å². The van der Waals surface area contributed by atoms with E-state index in [-0.39, 0.29) is 18.7 Å². The summed E-state index contributed by atoms with van der Waals surface area (Å²) in [6.45, 7) is -0.611. The molecule has 0 saturated heterocycles. The number of hydrogen-bond donors (Lipinski definition) is 1. The highest BCUT2D eigenvalue weighted by Gasteiger charge is 2.43. The van der Waals surface area contributed by atoms with E-state index in [1.165, 1.54) is 17.0 Å². The smallest absolute Gasteiger partial charge is 0.382 e. The summed E-state index contributed by atoms with van der Waals surface area (Å²) in [6, 6.07) is 15.2. The number of aliphatic hydroxyl groups is 1. The second kappa shape index (κ2) is 10.0. The van der Waals surface area contributed by atoms with E-state index in [2.05, 4.69) is 0 Å². The number of nitrogens with zero attached hydrogens (tertiary/aromatic N) is 2. The second-order valence-electron chi connectivity index (χ2n) is 8.43. The van der Waals surface area contributed by atoms with Gasteiger partial charge in [0.2, 0.25) is 0 Å². The number of alkyl halides is 6. The third-order valence-corrected chi connectivity index (χ3v) is 6.90. The van der Waals surface area contributed by atoms with Crippen LogP contribution in [0.5, 0.6) is 0 Å². The van der Waals surface area contributed by atoms with Crippen LogP contribution in [0.4, 0.5) is 37.7 Å². The molecule has 1 N–H and O–H groups in total. The number of hydrogen-bond acceptors (Lipinski definition) is 3. The molecule has 0 aromatic heterocycles. The largest absolute Gasteiger partial charge is 0.416 e. The Hall–Kier alpha value is -2.62. The van der Waals surface area contributed by atoms with Gasteiger partial charge in [-0.25, -0.2) is 0 Å². The van der Waals surface area contributed by atoms with Crippen molar-refractivity contribution in [2.45, 2.75) is 31.0 Å². The third-order valence-electron chi connectivity index (χ3n) is 6.04. The van der Waals surface area contributed by atoms with Crippen LogP contribution in [0, 0.1) is 0 Å². The average molecular weight is 549 g/mol. The Morgan fingerprint density at radius 1 is 0.889 bits per heavy atom. The minimum absolute atomic E-state index is 0.0335. The third kappa shape index (κ3) is 5.53. The first-order valence-electron chi connectivity index (χ1n) is 10.8. The normalized spacial score (nSPS) is 17.2. The predicted molar refractivity (Wildman–Crippen MR) is 128 cm³/mol. The SMILES string of the molecule is O[C@H](CN1c2ccccc2N(Cc2cccc(Cl)c2Cl)C[C@H]1c1cccc(C(F)(F)F)c1)C(F)(F)F. The molecule has 2 atom stereocenters. The Morgan fingerprint density at radius 3 is 2.22 bits per heavy atom. The molecule has 0 radical (unpaired) electrons. The Balaban J connectivity index is 1.82. The molecule has 3 nitrogen and oxygen atoms in total. The fraction of sp³-hybridized carbons (Fsp3) is 0.280. The highest BCUT2D eigenvalue weighted by atomic mass is 35.5. The Morgan fingerprint density at radius 2 is 1.56 bits per heavy atom. The van der Waals surface area contributed by atoms with Gasteiger partial charge in [-0.15, -0.1) is 0 Å². The molecule has 1 aliphatic rings. The van der Waals surface area contributed by atoms with Crippen LogP contribution in [0.3, 0.4) is 0 Å². The summed E-state index contributed by atoms with van der Waals surface area (Å²) in [5.74, 6) is 0. The van der Waals surface area contributed by atoms with E-state index in [0.717, 1.165) is 12.1 Å². The molecule has 0 saturated carbocycles. The van der Waals surface area contributed by atoms with Crippen molar-refractivity contribution >= 4 is 34.6 Å². The van der Waals surface area contributed by atoms with Gasteiger partial charge in [-0.2, -0.15) is 26.3 Å². The van der Waals surface area contributed by atoms with Crippen molar-refractivity contribution in [3.05, 3.63) is 93.5 Å². The van der Waals surface area contributed by atoms with Crippen molar-refractivity contribution in [3.8, 4) is 0 Å². The van der Waals surface area contributed by atoms with Crippen molar-refractivity contribution in [3.63, 3.8) is 0 Å². The molecule has 1 aliphatic heterocycles. The van der Waals surface area contributed by atoms with Crippen LogP contribution in [0.25, 0.3) is 0 Å². The molecule has 3 aromatic carbocycles. The first kappa shape index (κ1) is 26.4. The monoisotopic (exact) mass is 548 g/mol. The molecule has 36 heavy (non-hydrogen) atoms. The summed E-state index contributed by atoms with van der Waals surface area (Å²) in [7, 11) is 0. The molecule has 0 fully saturated rings. The number of anilines is 2. The van der Waals surface area contributed by atoms with Crippen molar-refractivity contribution < 1.29 is 31.4 Å². The second-order valence-corrected chi connectivity index (χ2v) is 9.22. The van der Waals surface area contributed by atoms with Gasteiger partial charge in [0.1, 0.15) is 0 Å². The molecule has 1 heterocycles. The molecule has 11 heteroatoms. The minimum Gasteiger partial charge on any atom is -0.382 e. The van der Waals surface area contributed by atoms with Gasteiger partial charge in [-0.1, -0.05) is 59.6 Å². The van der Waals surface area contributed by atoms with Gasteiger partial charge in [0.25, 0.3) is 0 Å². The first-order valence-corrected chi connectivity index (χ1v) is 11.6. The summed E-state index contributed by atoms with van der Waals surface area (Å²) in [6.07, 6.45) is -12.2. The standard InChI is InChI=1S/C25H20Cl2F6N2O/c26-18-8-4-6-16(23(18)27)12-34-13-21(15-5-3-7-17(11-15)24(28,29)30)35(14-22(36)25(31,32)33)20-10-2-1-9-19(20)34/h1-11,21-22,36H,12-14H2/t21-,22+/m0/s1. The fourth-order valence-electron chi connectivity index (χ4n) is 4.30. The molecule has 0 aliphatic carbocycles. The lowest BCUT2D eigenvalue weighted by atomic mass is 9.96. The van der Waals surface area contributed by atoms with E-state index >= 15 is 0 Å².